The topological polar surface area (TPSA) is 3.24 Å². The summed E-state index contributed by atoms with van der Waals surface area (Å²) in [5.41, 5.74) is 14.8. The molecule has 0 saturated heterocycles. The van der Waals surface area contributed by atoms with Crippen molar-refractivity contribution >= 4 is 38.6 Å². The molecule has 0 aromatic heterocycles. The molecule has 0 amide bonds. The molecule has 0 N–H and O–H groups in total. The van der Waals surface area contributed by atoms with E-state index in [1.54, 1.807) is 5.56 Å². The third-order valence-electron chi connectivity index (χ3n) is 14.5. The second kappa shape index (κ2) is 13.0. The molecular weight excluding hydrogens is 663 g/mol. The molecule has 3 atom stereocenters. The molecule has 4 aliphatic rings. The molecule has 3 fully saturated rings. The molecular formula is C54H51N. The van der Waals surface area contributed by atoms with Crippen LogP contribution in [0.4, 0.5) is 17.1 Å². The third-order valence-corrected chi connectivity index (χ3v) is 14.5. The van der Waals surface area contributed by atoms with Gasteiger partial charge in [0.25, 0.3) is 0 Å². The van der Waals surface area contributed by atoms with Gasteiger partial charge in [0.15, 0.2) is 0 Å². The van der Waals surface area contributed by atoms with Crippen molar-refractivity contribution in [2.75, 3.05) is 4.90 Å². The highest BCUT2D eigenvalue weighted by molar-refractivity contribution is 6.01. The van der Waals surface area contributed by atoms with Crippen LogP contribution in [0.1, 0.15) is 106 Å². The minimum absolute atomic E-state index is 0.173. The first-order valence-corrected chi connectivity index (χ1v) is 21.2. The van der Waals surface area contributed by atoms with Crippen LogP contribution in [0.5, 0.6) is 0 Å². The molecule has 0 radical (unpaired) electrons. The Morgan fingerprint density at radius 3 is 2.11 bits per heavy atom. The number of rotatable bonds is 6. The number of hydrogen-bond acceptors (Lipinski definition) is 1. The number of benzene rings is 7. The van der Waals surface area contributed by atoms with Crippen molar-refractivity contribution in [2.45, 2.75) is 88.9 Å². The maximum Gasteiger partial charge on any atom is 0.0540 e. The van der Waals surface area contributed by atoms with E-state index < -0.39 is 0 Å². The fourth-order valence-electron chi connectivity index (χ4n) is 11.8. The van der Waals surface area contributed by atoms with Crippen LogP contribution in [0.2, 0.25) is 0 Å². The Bertz CT molecular complexity index is 2580. The SMILES string of the molecule is CC1(C)c2cc(N(c3ccc(C4CCCCC4)cc3)c3ccc(C4CC5CCC4C5)c4ccccc34)ccc2-c2cccc(-c3ccc4ccccc4c3)c21. The first-order valence-electron chi connectivity index (χ1n) is 21.2. The maximum atomic E-state index is 2.57. The highest BCUT2D eigenvalue weighted by atomic mass is 15.1. The summed E-state index contributed by atoms with van der Waals surface area (Å²) < 4.78 is 0. The minimum atomic E-state index is -0.173. The lowest BCUT2D eigenvalue weighted by molar-refractivity contribution is 0.422. The quantitative estimate of drug-likeness (QED) is 0.166. The van der Waals surface area contributed by atoms with Gasteiger partial charge in [-0.25, -0.2) is 0 Å². The van der Waals surface area contributed by atoms with Gasteiger partial charge in [0.2, 0.25) is 0 Å². The van der Waals surface area contributed by atoms with E-state index >= 15 is 0 Å². The highest BCUT2D eigenvalue weighted by Gasteiger charge is 2.41. The van der Waals surface area contributed by atoms with Gasteiger partial charge >= 0.3 is 0 Å². The van der Waals surface area contributed by atoms with Crippen molar-refractivity contribution in [3.8, 4) is 22.3 Å². The number of hydrogen-bond donors (Lipinski definition) is 0. The fraction of sp³-hybridized carbons (Fsp3) is 0.296. The van der Waals surface area contributed by atoms with E-state index in [1.165, 1.54) is 135 Å². The minimum Gasteiger partial charge on any atom is -0.310 e. The zero-order valence-corrected chi connectivity index (χ0v) is 32.4. The Hall–Kier alpha value is -5.14. The van der Waals surface area contributed by atoms with Gasteiger partial charge in [-0.1, -0.05) is 143 Å². The Balaban J connectivity index is 1.05. The standard InChI is InChI=1S/C54H51N/c1-54(2)51-34-43(27-28-47(51)49-18-10-17-44(53(49)54)41-22-21-37-13-6-7-14-39(37)33-41)55(42-25-23-38(24-26-42)36-11-4-3-5-12-36)52-30-29-46(45-15-8-9-16-48(45)52)50-32-35-19-20-40(50)31-35/h6-10,13-18,21-30,33-36,40,50H,3-5,11-12,19-20,31-32H2,1-2H3. The van der Waals surface area contributed by atoms with Gasteiger partial charge in [0, 0.05) is 22.2 Å². The summed E-state index contributed by atoms with van der Waals surface area (Å²) in [5.74, 6) is 3.15. The van der Waals surface area contributed by atoms with Crippen molar-refractivity contribution in [3.05, 3.63) is 162 Å². The van der Waals surface area contributed by atoms with Crippen molar-refractivity contribution in [1.29, 1.82) is 0 Å². The van der Waals surface area contributed by atoms with Gasteiger partial charge in [0.05, 0.1) is 5.69 Å². The summed E-state index contributed by atoms with van der Waals surface area (Å²) in [6, 6.07) is 53.9. The molecule has 3 saturated carbocycles. The highest BCUT2D eigenvalue weighted by Crippen LogP contribution is 2.56. The van der Waals surface area contributed by atoms with E-state index in [0.717, 1.165) is 11.8 Å². The van der Waals surface area contributed by atoms with Gasteiger partial charge in [-0.3, -0.25) is 0 Å². The molecule has 3 unspecified atom stereocenters. The van der Waals surface area contributed by atoms with Crippen LogP contribution < -0.4 is 4.90 Å². The first kappa shape index (κ1) is 33.2. The van der Waals surface area contributed by atoms with Crippen LogP contribution in [0.25, 0.3) is 43.8 Å². The molecule has 7 aromatic carbocycles. The lowest BCUT2D eigenvalue weighted by atomic mass is 9.78. The van der Waals surface area contributed by atoms with Crippen LogP contribution in [0.15, 0.2) is 140 Å². The van der Waals surface area contributed by atoms with E-state index in [9.17, 15) is 0 Å². The lowest BCUT2D eigenvalue weighted by Crippen LogP contribution is -2.18. The fourth-order valence-corrected chi connectivity index (χ4v) is 11.8. The second-order valence-corrected chi connectivity index (χ2v) is 17.9. The van der Waals surface area contributed by atoms with Crippen LogP contribution in [0, 0.1) is 11.8 Å². The van der Waals surface area contributed by atoms with E-state index in [1.807, 2.05) is 0 Å². The van der Waals surface area contributed by atoms with Crippen LogP contribution in [-0.2, 0) is 5.41 Å². The van der Waals surface area contributed by atoms with Gasteiger partial charge in [-0.2, -0.15) is 0 Å². The smallest absolute Gasteiger partial charge is 0.0540 e. The molecule has 1 nitrogen and oxygen atoms in total. The number of anilines is 3. The zero-order valence-electron chi connectivity index (χ0n) is 32.4. The summed E-state index contributed by atoms with van der Waals surface area (Å²) >= 11 is 0. The Morgan fingerprint density at radius 1 is 0.545 bits per heavy atom. The van der Waals surface area contributed by atoms with Crippen LogP contribution in [0.3, 0.4) is 0 Å². The number of nitrogens with zero attached hydrogens (tertiary/aromatic N) is 1. The summed E-state index contributed by atoms with van der Waals surface area (Å²) in [6.45, 7) is 4.88. The predicted molar refractivity (Wildman–Crippen MR) is 233 cm³/mol. The van der Waals surface area contributed by atoms with Gasteiger partial charge < -0.3 is 4.90 Å². The zero-order chi connectivity index (χ0) is 36.7. The molecule has 7 aromatic rings. The van der Waals surface area contributed by atoms with Crippen LogP contribution in [-0.4, -0.2) is 0 Å². The van der Waals surface area contributed by atoms with E-state index in [2.05, 4.69) is 158 Å². The van der Waals surface area contributed by atoms with E-state index in [-0.39, 0.29) is 5.41 Å². The first-order chi connectivity index (χ1) is 27.0. The lowest BCUT2D eigenvalue weighted by Gasteiger charge is -2.31. The summed E-state index contributed by atoms with van der Waals surface area (Å²) in [4.78, 5) is 2.57. The van der Waals surface area contributed by atoms with Crippen molar-refractivity contribution < 1.29 is 0 Å². The number of fused-ring (bicyclic) bond motifs is 7. The third kappa shape index (κ3) is 5.41. The average Bonchev–Trinajstić information content (AvgIpc) is 3.94. The van der Waals surface area contributed by atoms with Crippen molar-refractivity contribution in [2.24, 2.45) is 11.8 Å². The molecule has 2 bridgehead atoms. The molecule has 0 spiro atoms. The molecule has 1 heteroatoms. The van der Waals surface area contributed by atoms with E-state index in [4.69, 9.17) is 0 Å². The van der Waals surface area contributed by atoms with Crippen molar-refractivity contribution in [1.82, 2.24) is 0 Å². The van der Waals surface area contributed by atoms with Crippen LogP contribution >= 0.6 is 0 Å². The second-order valence-electron chi connectivity index (χ2n) is 17.9. The van der Waals surface area contributed by atoms with E-state index in [0.29, 0.717) is 11.8 Å². The van der Waals surface area contributed by atoms with Crippen molar-refractivity contribution in [3.63, 3.8) is 0 Å². The average molecular weight is 714 g/mol. The molecule has 11 rings (SSSR count). The molecule has 4 aliphatic carbocycles. The van der Waals surface area contributed by atoms with Gasteiger partial charge in [-0.05, 0) is 153 Å². The van der Waals surface area contributed by atoms with Gasteiger partial charge in [-0.15, -0.1) is 0 Å². The maximum absolute atomic E-state index is 2.57. The predicted octanol–water partition coefficient (Wildman–Crippen LogP) is 15.4. The summed E-state index contributed by atoms with van der Waals surface area (Å²) in [7, 11) is 0. The molecule has 272 valence electrons. The monoisotopic (exact) mass is 713 g/mol. The molecule has 55 heavy (non-hydrogen) atoms. The Kier molecular flexibility index (Phi) is 7.84. The Labute approximate surface area is 327 Å². The summed E-state index contributed by atoms with van der Waals surface area (Å²) in [5, 5.41) is 5.38. The molecule has 0 aliphatic heterocycles. The Morgan fingerprint density at radius 2 is 1.31 bits per heavy atom. The normalized spacial score (nSPS) is 21.2. The largest absolute Gasteiger partial charge is 0.310 e. The van der Waals surface area contributed by atoms with Gasteiger partial charge in [0.1, 0.15) is 0 Å². The summed E-state index contributed by atoms with van der Waals surface area (Å²) in [6.07, 6.45) is 12.4. The molecule has 0 heterocycles.